The van der Waals surface area contributed by atoms with E-state index in [4.69, 9.17) is 0 Å². The Balaban J connectivity index is 1.35. The highest BCUT2D eigenvalue weighted by Gasteiger charge is 2.28. The van der Waals surface area contributed by atoms with Crippen molar-refractivity contribution in [1.82, 2.24) is 24.8 Å². The smallest absolute Gasteiger partial charge is 0.323 e. The third-order valence-electron chi connectivity index (χ3n) is 6.36. The molecule has 202 valence electrons. The third kappa shape index (κ3) is 6.37. The van der Waals surface area contributed by atoms with Crippen LogP contribution in [0.5, 0.6) is 0 Å². The van der Waals surface area contributed by atoms with Crippen LogP contribution in [0.15, 0.2) is 41.4 Å². The van der Waals surface area contributed by atoms with Crippen LogP contribution in [0, 0.1) is 20.8 Å². The van der Waals surface area contributed by atoms with Gasteiger partial charge in [0.2, 0.25) is 10.0 Å². The number of rotatable bonds is 10. The molecule has 0 fully saturated rings. The van der Waals surface area contributed by atoms with Gasteiger partial charge in [-0.05, 0) is 62.4 Å². The second kappa shape index (κ2) is 11.3. The van der Waals surface area contributed by atoms with E-state index in [2.05, 4.69) is 31.5 Å². The van der Waals surface area contributed by atoms with Gasteiger partial charge in [0, 0.05) is 37.9 Å². The predicted octanol–water partition coefficient (Wildman–Crippen LogP) is 1.97. The quantitative estimate of drug-likeness (QED) is 0.304. The van der Waals surface area contributed by atoms with E-state index in [1.54, 1.807) is 36.9 Å². The number of sulfonamides is 1. The van der Waals surface area contributed by atoms with Crippen LogP contribution in [0.1, 0.15) is 44.9 Å². The molecular weight excluding hydrogens is 508 g/mol. The summed E-state index contributed by atoms with van der Waals surface area (Å²) in [7, 11) is -4.14. The fourth-order valence-electron chi connectivity index (χ4n) is 4.65. The molecule has 4 N–H and O–H groups in total. The highest BCUT2D eigenvalue weighted by molar-refractivity contribution is 7.89. The lowest BCUT2D eigenvalue weighted by molar-refractivity contribution is -0.138. The second-order valence-electron chi connectivity index (χ2n) is 9.50. The van der Waals surface area contributed by atoms with E-state index < -0.39 is 34.5 Å². The zero-order chi connectivity index (χ0) is 27.4. The number of carbonyl (C=O) groups excluding carboxylic acids is 1. The first-order chi connectivity index (χ1) is 18.0. The number of benzene rings is 1. The maximum Gasteiger partial charge on any atom is 0.323 e. The highest BCUT2D eigenvalue weighted by atomic mass is 32.2. The first-order valence-corrected chi connectivity index (χ1v) is 13.9. The van der Waals surface area contributed by atoms with Gasteiger partial charge in [0.15, 0.2) is 0 Å². The maximum absolute atomic E-state index is 13.0. The molecule has 1 aromatic carbocycles. The summed E-state index contributed by atoms with van der Waals surface area (Å²) >= 11 is 0. The summed E-state index contributed by atoms with van der Waals surface area (Å²) in [5, 5.41) is 19.6. The van der Waals surface area contributed by atoms with E-state index in [0.29, 0.717) is 24.1 Å². The molecule has 0 aliphatic carbocycles. The summed E-state index contributed by atoms with van der Waals surface area (Å²) in [6.45, 7) is 6.13. The normalized spacial score (nSPS) is 13.9. The number of carboxylic acids is 1. The van der Waals surface area contributed by atoms with E-state index >= 15 is 0 Å². The van der Waals surface area contributed by atoms with Crippen LogP contribution < -0.4 is 15.4 Å². The topological polar surface area (TPSA) is 155 Å². The number of carbonyl (C=O) groups is 2. The first kappa shape index (κ1) is 27.3. The SMILES string of the molecule is Cc1cc(C)c(S(=O)(=O)N[C@@H](CNC(=O)c2ccn(CCc3ccc4c(n3)NCCC4)n2)C(=O)O)c(C)c1. The van der Waals surface area contributed by atoms with Crippen molar-refractivity contribution in [3.8, 4) is 0 Å². The number of carboxylic acid groups (broad SMARTS) is 1. The van der Waals surface area contributed by atoms with Gasteiger partial charge in [0.1, 0.15) is 17.6 Å². The number of nitrogens with zero attached hydrogens (tertiary/aromatic N) is 3. The molecule has 0 saturated heterocycles. The number of aliphatic carboxylic acids is 1. The van der Waals surface area contributed by atoms with Gasteiger partial charge in [0.05, 0.1) is 4.90 Å². The van der Waals surface area contributed by atoms with Crippen molar-refractivity contribution in [1.29, 1.82) is 0 Å². The molecule has 1 amide bonds. The van der Waals surface area contributed by atoms with E-state index in [-0.39, 0.29) is 10.6 Å². The van der Waals surface area contributed by atoms with Gasteiger partial charge >= 0.3 is 5.97 Å². The maximum atomic E-state index is 13.0. The molecule has 0 unspecified atom stereocenters. The van der Waals surface area contributed by atoms with Crippen molar-refractivity contribution in [3.05, 3.63) is 70.2 Å². The molecule has 38 heavy (non-hydrogen) atoms. The molecule has 1 aliphatic rings. The Morgan fingerprint density at radius 3 is 2.61 bits per heavy atom. The number of pyridine rings is 1. The minimum atomic E-state index is -4.14. The summed E-state index contributed by atoms with van der Waals surface area (Å²) in [5.74, 6) is -1.09. The summed E-state index contributed by atoms with van der Waals surface area (Å²) in [6, 6.07) is 7.48. The minimum Gasteiger partial charge on any atom is -0.480 e. The number of fused-ring (bicyclic) bond motifs is 1. The molecule has 0 radical (unpaired) electrons. The number of aryl methyl sites for hydroxylation is 6. The first-order valence-electron chi connectivity index (χ1n) is 12.4. The molecule has 4 rings (SSSR count). The van der Waals surface area contributed by atoms with Gasteiger partial charge in [-0.15, -0.1) is 0 Å². The van der Waals surface area contributed by atoms with Crippen LogP contribution in [0.2, 0.25) is 0 Å². The average Bonchev–Trinajstić information content (AvgIpc) is 3.33. The zero-order valence-corrected chi connectivity index (χ0v) is 22.4. The number of nitrogens with one attached hydrogen (secondary N) is 3. The van der Waals surface area contributed by atoms with Crippen LogP contribution in [-0.2, 0) is 34.2 Å². The van der Waals surface area contributed by atoms with Crippen LogP contribution in [0.4, 0.5) is 5.82 Å². The molecule has 1 aliphatic heterocycles. The molecule has 2 aromatic heterocycles. The molecule has 3 heterocycles. The lowest BCUT2D eigenvalue weighted by Crippen LogP contribution is -2.48. The average molecular weight is 541 g/mol. The molecule has 0 spiro atoms. The molecule has 0 saturated carbocycles. The summed E-state index contributed by atoms with van der Waals surface area (Å²) in [4.78, 5) is 29.1. The van der Waals surface area contributed by atoms with Crippen molar-refractivity contribution in [3.63, 3.8) is 0 Å². The summed E-state index contributed by atoms with van der Waals surface area (Å²) in [5.41, 5.74) is 4.14. The Hall–Kier alpha value is -3.77. The van der Waals surface area contributed by atoms with Crippen molar-refractivity contribution in [2.45, 2.75) is 57.5 Å². The Labute approximate surface area is 221 Å². The van der Waals surface area contributed by atoms with Gasteiger partial charge in [-0.2, -0.15) is 9.82 Å². The Kier molecular flexibility index (Phi) is 8.12. The minimum absolute atomic E-state index is 0.0311. The molecule has 12 heteroatoms. The lowest BCUT2D eigenvalue weighted by atomic mass is 10.1. The standard InChI is InChI=1S/C26H32N6O5S/c1-16-13-17(2)23(18(3)14-16)38(36,37)31-22(26(34)35)15-28-25(33)21-9-12-32(30-21)11-8-20-7-6-19-5-4-10-27-24(19)29-20/h6-7,9,12-14,22,31H,4-5,8,10-11,15H2,1-3H3,(H,27,29)(H,28,33)(H,34,35)/t22-/m0/s1. The second-order valence-corrected chi connectivity index (χ2v) is 11.2. The lowest BCUT2D eigenvalue weighted by Gasteiger charge is -2.18. The van der Waals surface area contributed by atoms with Crippen molar-refractivity contribution >= 4 is 27.7 Å². The number of aromatic nitrogens is 3. The molecule has 0 bridgehead atoms. The number of hydrogen-bond donors (Lipinski definition) is 4. The van der Waals surface area contributed by atoms with Crippen molar-refractivity contribution in [2.24, 2.45) is 0 Å². The van der Waals surface area contributed by atoms with Crippen LogP contribution in [-0.4, -0.2) is 59.3 Å². The van der Waals surface area contributed by atoms with Gasteiger partial charge < -0.3 is 15.7 Å². The monoisotopic (exact) mass is 540 g/mol. The van der Waals surface area contributed by atoms with Gasteiger partial charge in [-0.1, -0.05) is 23.8 Å². The predicted molar refractivity (Wildman–Crippen MR) is 142 cm³/mol. The van der Waals surface area contributed by atoms with Crippen molar-refractivity contribution < 1.29 is 23.1 Å². The van der Waals surface area contributed by atoms with Crippen LogP contribution in [0.3, 0.4) is 0 Å². The van der Waals surface area contributed by atoms with Crippen LogP contribution >= 0.6 is 0 Å². The molecular formula is C26H32N6O5S. The van der Waals surface area contributed by atoms with E-state index in [9.17, 15) is 23.1 Å². The molecule has 1 atom stereocenters. The number of anilines is 1. The van der Waals surface area contributed by atoms with E-state index in [1.807, 2.05) is 13.0 Å². The Morgan fingerprint density at radius 1 is 1.16 bits per heavy atom. The van der Waals surface area contributed by atoms with E-state index in [0.717, 1.165) is 36.5 Å². The third-order valence-corrected chi connectivity index (χ3v) is 8.13. The summed E-state index contributed by atoms with van der Waals surface area (Å²) in [6.07, 6.45) is 4.39. The Bertz CT molecular complexity index is 1440. The Morgan fingerprint density at radius 2 is 1.89 bits per heavy atom. The van der Waals surface area contributed by atoms with Gasteiger partial charge in [0.25, 0.3) is 5.91 Å². The largest absolute Gasteiger partial charge is 0.480 e. The fourth-order valence-corrected chi connectivity index (χ4v) is 6.29. The van der Waals surface area contributed by atoms with Gasteiger partial charge in [-0.3, -0.25) is 14.3 Å². The number of hydrogen-bond acceptors (Lipinski definition) is 7. The molecule has 11 nitrogen and oxygen atoms in total. The van der Waals surface area contributed by atoms with Crippen molar-refractivity contribution in [2.75, 3.05) is 18.4 Å². The van der Waals surface area contributed by atoms with E-state index in [1.165, 1.54) is 11.6 Å². The number of amides is 1. The summed E-state index contributed by atoms with van der Waals surface area (Å²) < 4.78 is 29.8. The highest BCUT2D eigenvalue weighted by Crippen LogP contribution is 2.22. The fraction of sp³-hybridized carbons (Fsp3) is 0.385. The zero-order valence-electron chi connectivity index (χ0n) is 21.6. The molecule has 3 aromatic rings. The van der Waals surface area contributed by atoms with Gasteiger partial charge in [-0.25, -0.2) is 13.4 Å². The van der Waals surface area contributed by atoms with Crippen LogP contribution in [0.25, 0.3) is 0 Å².